The number of carbonyl (C=O) groups is 2. The molecule has 0 radical (unpaired) electrons. The molecular weight excluding hydrogens is 268 g/mol. The van der Waals surface area contributed by atoms with Crippen molar-refractivity contribution in [1.82, 2.24) is 5.32 Å². The predicted molar refractivity (Wildman–Crippen MR) is 65.6 cm³/mol. The minimum Gasteiger partial charge on any atom is -0.474 e. The number of nitrogens with zero attached hydrogens (tertiary/aromatic N) is 2. The maximum Gasteiger partial charge on any atom is 0.318 e. The van der Waals surface area contributed by atoms with Crippen LogP contribution in [0, 0.1) is 21.4 Å². The number of hydrogen-bond acceptors (Lipinski definition) is 6. The standard InChI is InChI=1S/C11H10N4O5/c1-6(10(16)14-11(13)17)20-9-3-2-7(5-12)4-8(9)15(18)19/h2-4,6H,1H3,(H3,13,14,16,17). The fourth-order valence-electron chi connectivity index (χ4n) is 1.30. The van der Waals surface area contributed by atoms with Crippen molar-refractivity contribution >= 4 is 17.6 Å². The topological polar surface area (TPSA) is 148 Å². The lowest BCUT2D eigenvalue weighted by atomic mass is 10.2. The first-order valence-electron chi connectivity index (χ1n) is 5.30. The smallest absolute Gasteiger partial charge is 0.318 e. The van der Waals surface area contributed by atoms with Crippen LogP contribution in [0.3, 0.4) is 0 Å². The first kappa shape index (κ1) is 14.9. The number of nitrogens with two attached hydrogens (primary N) is 1. The monoisotopic (exact) mass is 278 g/mol. The number of hydrogen-bond donors (Lipinski definition) is 2. The minimum absolute atomic E-state index is 0.0818. The molecule has 9 heteroatoms. The Balaban J connectivity index is 2.97. The van der Waals surface area contributed by atoms with Gasteiger partial charge >= 0.3 is 11.7 Å². The van der Waals surface area contributed by atoms with Gasteiger partial charge in [-0.15, -0.1) is 0 Å². The second-order valence-electron chi connectivity index (χ2n) is 3.66. The summed E-state index contributed by atoms with van der Waals surface area (Å²) in [5.41, 5.74) is 4.40. The van der Waals surface area contributed by atoms with Gasteiger partial charge in [0.15, 0.2) is 11.9 Å². The Hall–Kier alpha value is -3.15. The SMILES string of the molecule is CC(Oc1ccc(C#N)cc1[N+](=O)[O-])C(=O)NC(N)=O. The Kier molecular flexibility index (Phi) is 4.58. The molecule has 0 heterocycles. The van der Waals surface area contributed by atoms with Gasteiger partial charge in [0, 0.05) is 6.07 Å². The van der Waals surface area contributed by atoms with Crippen molar-refractivity contribution < 1.29 is 19.2 Å². The van der Waals surface area contributed by atoms with Crippen molar-refractivity contribution in [2.45, 2.75) is 13.0 Å². The number of primary amides is 1. The third-order valence-electron chi connectivity index (χ3n) is 2.20. The summed E-state index contributed by atoms with van der Waals surface area (Å²) in [6.45, 7) is 1.29. The summed E-state index contributed by atoms with van der Waals surface area (Å²) < 4.78 is 5.10. The van der Waals surface area contributed by atoms with Crippen LogP contribution >= 0.6 is 0 Å². The average molecular weight is 278 g/mol. The molecule has 9 nitrogen and oxygen atoms in total. The zero-order valence-electron chi connectivity index (χ0n) is 10.3. The van der Waals surface area contributed by atoms with E-state index in [1.807, 2.05) is 0 Å². The molecule has 1 atom stereocenters. The van der Waals surface area contributed by atoms with E-state index in [2.05, 4.69) is 0 Å². The van der Waals surface area contributed by atoms with Crippen molar-refractivity contribution in [3.05, 3.63) is 33.9 Å². The largest absolute Gasteiger partial charge is 0.474 e. The lowest BCUT2D eigenvalue weighted by Gasteiger charge is -2.13. The Bertz CT molecular complexity index is 607. The molecule has 1 unspecified atom stereocenters. The summed E-state index contributed by atoms with van der Waals surface area (Å²) in [4.78, 5) is 32.0. The molecule has 0 aliphatic carbocycles. The molecular formula is C11H10N4O5. The van der Waals surface area contributed by atoms with Gasteiger partial charge in [-0.05, 0) is 19.1 Å². The highest BCUT2D eigenvalue weighted by atomic mass is 16.6. The lowest BCUT2D eigenvalue weighted by Crippen LogP contribution is -2.42. The van der Waals surface area contributed by atoms with E-state index in [1.165, 1.54) is 19.1 Å². The predicted octanol–water partition coefficient (Wildman–Crippen LogP) is 0.429. The number of nitro groups is 1. The minimum atomic E-state index is -1.17. The highest BCUT2D eigenvalue weighted by Gasteiger charge is 2.22. The number of nitro benzene ring substituents is 1. The second-order valence-corrected chi connectivity index (χ2v) is 3.66. The number of rotatable bonds is 4. The molecule has 20 heavy (non-hydrogen) atoms. The molecule has 0 fully saturated rings. The van der Waals surface area contributed by atoms with E-state index in [9.17, 15) is 19.7 Å². The maximum atomic E-state index is 11.4. The average Bonchev–Trinajstić information content (AvgIpc) is 2.37. The molecule has 0 aromatic heterocycles. The number of carbonyl (C=O) groups excluding carboxylic acids is 2. The van der Waals surface area contributed by atoms with Crippen molar-refractivity contribution in [1.29, 1.82) is 5.26 Å². The molecule has 0 bridgehead atoms. The molecule has 0 aliphatic rings. The number of urea groups is 1. The fraction of sp³-hybridized carbons (Fsp3) is 0.182. The quantitative estimate of drug-likeness (QED) is 0.602. The molecule has 0 saturated carbocycles. The van der Waals surface area contributed by atoms with Crippen LogP contribution in [0.25, 0.3) is 0 Å². The molecule has 3 amide bonds. The number of nitriles is 1. The number of amides is 3. The van der Waals surface area contributed by atoms with Gasteiger partial charge in [-0.3, -0.25) is 20.2 Å². The maximum absolute atomic E-state index is 11.4. The highest BCUT2D eigenvalue weighted by molar-refractivity contribution is 5.95. The van der Waals surface area contributed by atoms with Crippen LogP contribution in [0.1, 0.15) is 12.5 Å². The van der Waals surface area contributed by atoms with E-state index in [0.29, 0.717) is 0 Å². The molecule has 104 valence electrons. The van der Waals surface area contributed by atoms with E-state index in [0.717, 1.165) is 6.07 Å². The van der Waals surface area contributed by atoms with Gasteiger partial charge in [0.25, 0.3) is 5.91 Å². The summed E-state index contributed by atoms with van der Waals surface area (Å²) in [5.74, 6) is -1.03. The van der Waals surface area contributed by atoms with Gasteiger partial charge in [-0.25, -0.2) is 4.79 Å². The van der Waals surface area contributed by atoms with Gasteiger partial charge in [0.1, 0.15) is 0 Å². The third kappa shape index (κ3) is 3.67. The molecule has 0 spiro atoms. The van der Waals surface area contributed by atoms with Crippen LogP contribution in [0.5, 0.6) is 5.75 Å². The number of imide groups is 1. The van der Waals surface area contributed by atoms with Crippen molar-refractivity contribution in [2.75, 3.05) is 0 Å². The molecule has 0 aliphatic heterocycles. The van der Waals surface area contributed by atoms with Crippen LogP contribution in [0.2, 0.25) is 0 Å². The van der Waals surface area contributed by atoms with Crippen LogP contribution < -0.4 is 15.8 Å². The summed E-state index contributed by atoms with van der Waals surface area (Å²) in [6.07, 6.45) is -1.17. The van der Waals surface area contributed by atoms with Crippen molar-refractivity contribution in [3.63, 3.8) is 0 Å². The molecule has 0 saturated heterocycles. The number of ether oxygens (including phenoxy) is 1. The van der Waals surface area contributed by atoms with E-state index in [1.54, 1.807) is 11.4 Å². The summed E-state index contributed by atoms with van der Waals surface area (Å²) in [7, 11) is 0. The van der Waals surface area contributed by atoms with Gasteiger partial charge < -0.3 is 10.5 Å². The summed E-state index contributed by atoms with van der Waals surface area (Å²) in [5, 5.41) is 21.3. The normalized spacial score (nSPS) is 11.0. The van der Waals surface area contributed by atoms with Gasteiger partial charge in [0.05, 0.1) is 16.6 Å². The van der Waals surface area contributed by atoms with Crippen LogP contribution in [-0.4, -0.2) is 23.0 Å². The summed E-state index contributed by atoms with van der Waals surface area (Å²) in [6, 6.07) is 4.22. The van der Waals surface area contributed by atoms with Crippen LogP contribution in [0.4, 0.5) is 10.5 Å². The van der Waals surface area contributed by atoms with E-state index in [-0.39, 0.29) is 11.3 Å². The second kappa shape index (κ2) is 6.14. The first-order valence-corrected chi connectivity index (χ1v) is 5.30. The Labute approximate surface area is 113 Å². The zero-order valence-corrected chi connectivity index (χ0v) is 10.3. The lowest BCUT2D eigenvalue weighted by molar-refractivity contribution is -0.386. The zero-order chi connectivity index (χ0) is 15.3. The van der Waals surface area contributed by atoms with Crippen molar-refractivity contribution in [3.8, 4) is 11.8 Å². The van der Waals surface area contributed by atoms with E-state index in [4.69, 9.17) is 15.7 Å². The molecule has 3 N–H and O–H groups in total. The van der Waals surface area contributed by atoms with E-state index < -0.39 is 28.7 Å². The van der Waals surface area contributed by atoms with Crippen LogP contribution in [-0.2, 0) is 4.79 Å². The highest BCUT2D eigenvalue weighted by Crippen LogP contribution is 2.28. The van der Waals surface area contributed by atoms with Crippen LogP contribution in [0.15, 0.2) is 18.2 Å². The Morgan fingerprint density at radius 2 is 2.20 bits per heavy atom. The number of benzene rings is 1. The Morgan fingerprint density at radius 1 is 1.55 bits per heavy atom. The number of nitrogens with one attached hydrogen (secondary N) is 1. The summed E-state index contributed by atoms with van der Waals surface area (Å²) >= 11 is 0. The molecule has 1 aromatic rings. The fourth-order valence-corrected chi connectivity index (χ4v) is 1.30. The van der Waals surface area contributed by atoms with Gasteiger partial charge in [-0.2, -0.15) is 5.26 Å². The van der Waals surface area contributed by atoms with Gasteiger partial charge in [-0.1, -0.05) is 0 Å². The first-order chi connectivity index (χ1) is 9.35. The van der Waals surface area contributed by atoms with E-state index >= 15 is 0 Å². The molecule has 1 aromatic carbocycles. The third-order valence-corrected chi connectivity index (χ3v) is 2.20. The van der Waals surface area contributed by atoms with Gasteiger partial charge in [0.2, 0.25) is 0 Å². The van der Waals surface area contributed by atoms with Crippen molar-refractivity contribution in [2.24, 2.45) is 5.73 Å². The Morgan fingerprint density at radius 3 is 2.70 bits per heavy atom. The molecule has 1 rings (SSSR count).